The third kappa shape index (κ3) is 2.98. The highest BCUT2D eigenvalue weighted by atomic mass is 79.9. The molecule has 1 amide bonds. The Morgan fingerprint density at radius 3 is 2.80 bits per heavy atom. The van der Waals surface area contributed by atoms with E-state index in [0.29, 0.717) is 17.9 Å². The van der Waals surface area contributed by atoms with E-state index >= 15 is 0 Å². The molecular weight excluding hydrogens is 331 g/mol. The smallest absolute Gasteiger partial charge is 0.272 e. The number of carbonyl (C=O) groups excluding carboxylic acids is 1. The van der Waals surface area contributed by atoms with Crippen molar-refractivity contribution in [2.45, 2.75) is 18.2 Å². The maximum absolute atomic E-state index is 13.8. The summed E-state index contributed by atoms with van der Waals surface area (Å²) in [6.45, 7) is 3.12. The van der Waals surface area contributed by atoms with Gasteiger partial charge in [-0.2, -0.15) is 0 Å². The van der Waals surface area contributed by atoms with Crippen LogP contribution in [-0.2, 0) is 0 Å². The van der Waals surface area contributed by atoms with Crippen molar-refractivity contribution in [2.75, 3.05) is 13.1 Å². The molecule has 0 radical (unpaired) electrons. The molecule has 0 aromatic heterocycles. The van der Waals surface area contributed by atoms with Gasteiger partial charge in [-0.15, -0.1) is 0 Å². The van der Waals surface area contributed by atoms with Gasteiger partial charge in [0.1, 0.15) is 5.82 Å². The number of nitro groups is 1. The molecule has 1 saturated heterocycles. The summed E-state index contributed by atoms with van der Waals surface area (Å²) in [4.78, 5) is 24.1. The van der Waals surface area contributed by atoms with Crippen LogP contribution in [0.15, 0.2) is 18.2 Å². The minimum Gasteiger partial charge on any atom is -0.338 e. The van der Waals surface area contributed by atoms with E-state index in [2.05, 4.69) is 15.9 Å². The minimum atomic E-state index is -0.849. The Bertz CT molecular complexity index is 552. The van der Waals surface area contributed by atoms with Crippen LogP contribution in [0.1, 0.15) is 23.7 Å². The molecule has 1 fully saturated rings. The maximum Gasteiger partial charge on any atom is 0.272 e. The van der Waals surface area contributed by atoms with E-state index in [0.717, 1.165) is 18.6 Å². The largest absolute Gasteiger partial charge is 0.338 e. The maximum atomic E-state index is 13.8. The number of alkyl halides is 1. The fourth-order valence-electron chi connectivity index (χ4n) is 2.26. The summed E-state index contributed by atoms with van der Waals surface area (Å²) < 4.78 is 13.8. The zero-order valence-corrected chi connectivity index (χ0v) is 12.5. The van der Waals surface area contributed by atoms with Gasteiger partial charge in [0.15, 0.2) is 0 Å². The molecule has 2 unspecified atom stereocenters. The highest BCUT2D eigenvalue weighted by molar-refractivity contribution is 9.09. The number of non-ortho nitro benzene ring substituents is 1. The Balaban J connectivity index is 2.19. The monoisotopic (exact) mass is 344 g/mol. The van der Waals surface area contributed by atoms with Crippen LogP contribution in [-0.4, -0.2) is 33.6 Å². The van der Waals surface area contributed by atoms with Crippen LogP contribution in [0.25, 0.3) is 0 Å². The molecule has 0 spiro atoms. The zero-order valence-electron chi connectivity index (χ0n) is 10.9. The van der Waals surface area contributed by atoms with E-state index in [-0.39, 0.29) is 17.2 Å². The van der Waals surface area contributed by atoms with Crippen molar-refractivity contribution in [1.29, 1.82) is 0 Å². The van der Waals surface area contributed by atoms with Crippen LogP contribution in [0.4, 0.5) is 10.1 Å². The summed E-state index contributed by atoms with van der Waals surface area (Å²) in [5.41, 5.74) is -0.470. The van der Waals surface area contributed by atoms with Crippen LogP contribution in [0.5, 0.6) is 0 Å². The van der Waals surface area contributed by atoms with Gasteiger partial charge in [-0.05, 0) is 18.4 Å². The summed E-state index contributed by atoms with van der Waals surface area (Å²) >= 11 is 3.54. The Kier molecular flexibility index (Phi) is 4.37. The quantitative estimate of drug-likeness (QED) is 0.470. The number of amides is 1. The van der Waals surface area contributed by atoms with Crippen molar-refractivity contribution in [2.24, 2.45) is 5.92 Å². The van der Waals surface area contributed by atoms with E-state index in [1.54, 1.807) is 4.90 Å². The van der Waals surface area contributed by atoms with Gasteiger partial charge in [0.25, 0.3) is 11.6 Å². The summed E-state index contributed by atoms with van der Waals surface area (Å²) in [6, 6.07) is 3.12. The number of nitrogens with zero attached hydrogens (tertiary/aromatic N) is 2. The third-order valence-corrected chi connectivity index (χ3v) is 4.84. The van der Waals surface area contributed by atoms with E-state index in [1.807, 2.05) is 6.92 Å². The van der Waals surface area contributed by atoms with E-state index in [9.17, 15) is 19.3 Å². The molecule has 2 rings (SSSR count). The Morgan fingerprint density at radius 1 is 1.55 bits per heavy atom. The first-order valence-corrected chi connectivity index (χ1v) is 7.19. The summed E-state index contributed by atoms with van der Waals surface area (Å²) in [6.07, 6.45) is 0.807. The summed E-state index contributed by atoms with van der Waals surface area (Å²) in [5.74, 6) is -0.977. The molecule has 1 aliphatic rings. The highest BCUT2D eigenvalue weighted by Gasteiger charge is 2.29. The van der Waals surface area contributed by atoms with Crippen LogP contribution in [0.2, 0.25) is 0 Å². The Morgan fingerprint density at radius 2 is 2.25 bits per heavy atom. The van der Waals surface area contributed by atoms with Crippen LogP contribution in [0, 0.1) is 21.8 Å². The number of likely N-dealkylation sites (tertiary alicyclic amines) is 1. The van der Waals surface area contributed by atoms with Crippen LogP contribution in [0.3, 0.4) is 0 Å². The molecule has 108 valence electrons. The predicted molar refractivity (Wildman–Crippen MR) is 75.5 cm³/mol. The van der Waals surface area contributed by atoms with Crippen molar-refractivity contribution in [3.63, 3.8) is 0 Å². The molecule has 1 heterocycles. The van der Waals surface area contributed by atoms with Gasteiger partial charge in [-0.25, -0.2) is 4.39 Å². The minimum absolute atomic E-state index is 0.115. The second-order valence-corrected chi connectivity index (χ2v) is 6.13. The van der Waals surface area contributed by atoms with E-state index in [1.165, 1.54) is 6.07 Å². The van der Waals surface area contributed by atoms with Crippen molar-refractivity contribution >= 4 is 27.5 Å². The lowest BCUT2D eigenvalue weighted by Crippen LogP contribution is -2.43. The molecule has 1 aromatic rings. The van der Waals surface area contributed by atoms with Gasteiger partial charge >= 0.3 is 0 Å². The molecule has 0 bridgehead atoms. The topological polar surface area (TPSA) is 63.5 Å². The SMILES string of the molecule is CC1CN(C(=O)c2ccc([N+](=O)[O-])cc2F)CCC1Br. The van der Waals surface area contributed by atoms with Crippen LogP contribution >= 0.6 is 15.9 Å². The number of piperidine rings is 1. The van der Waals surface area contributed by atoms with Gasteiger partial charge in [0.2, 0.25) is 0 Å². The normalized spacial score (nSPS) is 22.6. The number of hydrogen-bond donors (Lipinski definition) is 0. The molecule has 5 nitrogen and oxygen atoms in total. The summed E-state index contributed by atoms with van der Waals surface area (Å²) in [5, 5.41) is 10.6. The number of hydrogen-bond acceptors (Lipinski definition) is 3. The lowest BCUT2D eigenvalue weighted by molar-refractivity contribution is -0.385. The molecular formula is C13H14BrFN2O3. The molecule has 20 heavy (non-hydrogen) atoms. The molecule has 1 aliphatic heterocycles. The van der Waals surface area contributed by atoms with Gasteiger partial charge < -0.3 is 4.90 Å². The second kappa shape index (κ2) is 5.87. The average Bonchev–Trinajstić information content (AvgIpc) is 2.41. The first-order chi connectivity index (χ1) is 9.40. The fourth-order valence-corrected chi connectivity index (χ4v) is 2.63. The van der Waals surface area contributed by atoms with Gasteiger partial charge in [-0.3, -0.25) is 14.9 Å². The highest BCUT2D eigenvalue weighted by Crippen LogP contribution is 2.25. The van der Waals surface area contributed by atoms with Crippen LogP contribution < -0.4 is 0 Å². The first kappa shape index (κ1) is 14.9. The Labute approximate surface area is 124 Å². The lowest BCUT2D eigenvalue weighted by Gasteiger charge is -2.34. The second-order valence-electron chi connectivity index (χ2n) is 4.95. The van der Waals surface area contributed by atoms with E-state index < -0.39 is 16.6 Å². The predicted octanol–water partition coefficient (Wildman–Crippen LogP) is 2.98. The molecule has 7 heteroatoms. The molecule has 0 aliphatic carbocycles. The molecule has 1 aromatic carbocycles. The molecule has 2 atom stereocenters. The standard InChI is InChI=1S/C13H14BrFN2O3/c1-8-7-16(5-4-11(8)14)13(18)10-3-2-9(17(19)20)6-12(10)15/h2-3,6,8,11H,4-5,7H2,1H3. The number of carbonyl (C=O) groups is 1. The van der Waals surface area contributed by atoms with Crippen molar-refractivity contribution in [1.82, 2.24) is 4.90 Å². The average molecular weight is 345 g/mol. The van der Waals surface area contributed by atoms with Crippen molar-refractivity contribution < 1.29 is 14.1 Å². The summed E-state index contributed by atoms with van der Waals surface area (Å²) in [7, 11) is 0. The first-order valence-electron chi connectivity index (χ1n) is 6.27. The van der Waals surface area contributed by atoms with Gasteiger partial charge in [0, 0.05) is 24.0 Å². The lowest BCUT2D eigenvalue weighted by atomic mass is 9.99. The number of halogens is 2. The third-order valence-electron chi connectivity index (χ3n) is 3.48. The zero-order chi connectivity index (χ0) is 14.9. The molecule has 0 N–H and O–H groups in total. The van der Waals surface area contributed by atoms with Gasteiger partial charge in [0.05, 0.1) is 16.6 Å². The Hall–Kier alpha value is -1.50. The van der Waals surface area contributed by atoms with Gasteiger partial charge in [-0.1, -0.05) is 22.9 Å². The number of rotatable bonds is 2. The van der Waals surface area contributed by atoms with E-state index in [4.69, 9.17) is 0 Å². The molecule has 0 saturated carbocycles. The fraction of sp³-hybridized carbons (Fsp3) is 0.462. The number of nitro benzene ring substituents is 1. The van der Waals surface area contributed by atoms with Crippen molar-refractivity contribution in [3.8, 4) is 0 Å². The number of benzene rings is 1. The van der Waals surface area contributed by atoms with Crippen molar-refractivity contribution in [3.05, 3.63) is 39.7 Å².